The molecule has 0 spiro atoms. The van der Waals surface area contributed by atoms with Crippen molar-refractivity contribution in [1.82, 2.24) is 15.1 Å². The number of anilines is 1. The molecule has 0 radical (unpaired) electrons. The number of nitrogens with zero attached hydrogens (tertiary/aromatic N) is 3. The second-order valence-electron chi connectivity index (χ2n) is 10.8. The van der Waals surface area contributed by atoms with E-state index in [9.17, 15) is 19.2 Å². The first kappa shape index (κ1) is 28.9. The number of carbonyl (C=O) groups excluding carboxylic acids is 4. The minimum Gasteiger partial charge on any atom is -0.460 e. The fourth-order valence-electron chi connectivity index (χ4n) is 4.38. The van der Waals surface area contributed by atoms with Crippen LogP contribution in [0, 0.1) is 0 Å². The van der Waals surface area contributed by atoms with Crippen LogP contribution in [0.1, 0.15) is 31.9 Å². The molecule has 0 saturated carbocycles. The third-order valence-corrected chi connectivity index (χ3v) is 6.45. The Morgan fingerprint density at radius 1 is 0.950 bits per heavy atom. The topological polar surface area (TPSA) is 118 Å². The third-order valence-electron chi connectivity index (χ3n) is 6.45. The summed E-state index contributed by atoms with van der Waals surface area (Å²) in [5.74, 6) is -0.559. The standard InChI is InChI=1S/C29H36N4O7/c1-29(2,3)40-27(36)30-17-21-9-11-23(12-10-21)33-18-24(39-28(33)37)26(35)32-15-13-31(14-16-32)19-25(34)38-20-22-7-5-4-6-8-22/h4-12,24H,13-20H2,1-3H3,(H,30,36). The molecule has 2 fully saturated rings. The van der Waals surface area contributed by atoms with E-state index < -0.39 is 23.9 Å². The van der Waals surface area contributed by atoms with Crippen molar-refractivity contribution in [3.8, 4) is 0 Å². The number of hydrogen-bond acceptors (Lipinski definition) is 8. The lowest BCUT2D eigenvalue weighted by atomic mass is 10.2. The zero-order chi connectivity index (χ0) is 28.7. The van der Waals surface area contributed by atoms with Crippen LogP contribution in [0.5, 0.6) is 0 Å². The number of carbonyl (C=O) groups is 4. The predicted molar refractivity (Wildman–Crippen MR) is 146 cm³/mol. The highest BCUT2D eigenvalue weighted by Gasteiger charge is 2.39. The monoisotopic (exact) mass is 552 g/mol. The number of esters is 1. The number of ether oxygens (including phenoxy) is 3. The SMILES string of the molecule is CC(C)(C)OC(=O)NCc1ccc(N2CC(C(=O)N3CCN(CC(=O)OCc4ccccc4)CC3)OC2=O)cc1. The number of benzene rings is 2. The van der Waals surface area contributed by atoms with Crippen molar-refractivity contribution < 1.29 is 33.4 Å². The Morgan fingerprint density at radius 2 is 1.62 bits per heavy atom. The summed E-state index contributed by atoms with van der Waals surface area (Å²) < 4.78 is 16.0. The number of cyclic esters (lactones) is 1. The van der Waals surface area contributed by atoms with Crippen molar-refractivity contribution in [3.63, 3.8) is 0 Å². The lowest BCUT2D eigenvalue weighted by Crippen LogP contribution is -2.53. The molecule has 0 aromatic heterocycles. The molecule has 2 aromatic carbocycles. The zero-order valence-electron chi connectivity index (χ0n) is 23.1. The normalized spacial score (nSPS) is 17.8. The molecule has 11 nitrogen and oxygen atoms in total. The van der Waals surface area contributed by atoms with Gasteiger partial charge in [0.15, 0.2) is 6.10 Å². The zero-order valence-corrected chi connectivity index (χ0v) is 23.1. The summed E-state index contributed by atoms with van der Waals surface area (Å²) in [5, 5.41) is 2.69. The minimum absolute atomic E-state index is 0.110. The Bertz CT molecular complexity index is 1190. The van der Waals surface area contributed by atoms with Gasteiger partial charge in [-0.2, -0.15) is 0 Å². The summed E-state index contributed by atoms with van der Waals surface area (Å²) in [6, 6.07) is 16.6. The molecule has 2 heterocycles. The average Bonchev–Trinajstić information content (AvgIpc) is 3.32. The molecular formula is C29H36N4O7. The van der Waals surface area contributed by atoms with Crippen LogP contribution in [-0.2, 0) is 37.0 Å². The van der Waals surface area contributed by atoms with Crippen molar-refractivity contribution >= 4 is 29.8 Å². The van der Waals surface area contributed by atoms with Crippen molar-refractivity contribution in [2.75, 3.05) is 44.2 Å². The maximum atomic E-state index is 13.1. The van der Waals surface area contributed by atoms with Crippen LogP contribution in [0.25, 0.3) is 0 Å². The molecule has 2 saturated heterocycles. The number of nitrogens with one attached hydrogen (secondary N) is 1. The van der Waals surface area contributed by atoms with E-state index in [4.69, 9.17) is 14.2 Å². The molecule has 2 aliphatic rings. The summed E-state index contributed by atoms with van der Waals surface area (Å²) >= 11 is 0. The van der Waals surface area contributed by atoms with Gasteiger partial charge in [-0.05, 0) is 44.0 Å². The number of piperazine rings is 1. The van der Waals surface area contributed by atoms with Gasteiger partial charge >= 0.3 is 18.2 Å². The van der Waals surface area contributed by atoms with Crippen LogP contribution in [-0.4, -0.2) is 84.8 Å². The summed E-state index contributed by atoms with van der Waals surface area (Å²) in [6.07, 6.45) is -1.99. The molecule has 1 atom stereocenters. The Labute approximate surface area is 233 Å². The van der Waals surface area contributed by atoms with E-state index in [1.165, 1.54) is 4.90 Å². The Morgan fingerprint density at radius 3 is 2.27 bits per heavy atom. The van der Waals surface area contributed by atoms with Gasteiger partial charge < -0.3 is 24.4 Å². The van der Waals surface area contributed by atoms with Gasteiger partial charge in [-0.25, -0.2) is 9.59 Å². The van der Waals surface area contributed by atoms with E-state index in [2.05, 4.69) is 5.32 Å². The van der Waals surface area contributed by atoms with Gasteiger partial charge in [0.05, 0.1) is 13.1 Å². The molecule has 2 aromatic rings. The van der Waals surface area contributed by atoms with Crippen LogP contribution in [0.3, 0.4) is 0 Å². The molecule has 1 N–H and O–H groups in total. The first-order valence-corrected chi connectivity index (χ1v) is 13.3. The maximum Gasteiger partial charge on any atom is 0.415 e. The summed E-state index contributed by atoms with van der Waals surface area (Å²) in [4.78, 5) is 54.7. The fourth-order valence-corrected chi connectivity index (χ4v) is 4.38. The van der Waals surface area contributed by atoms with Gasteiger partial charge in [0.1, 0.15) is 12.2 Å². The largest absolute Gasteiger partial charge is 0.460 e. The average molecular weight is 553 g/mol. The number of rotatable bonds is 8. The van der Waals surface area contributed by atoms with E-state index in [1.807, 2.05) is 35.2 Å². The second kappa shape index (κ2) is 12.8. The quantitative estimate of drug-likeness (QED) is 0.393. The molecular weight excluding hydrogens is 516 g/mol. The smallest absolute Gasteiger partial charge is 0.415 e. The van der Waals surface area contributed by atoms with Crippen molar-refractivity contribution in [3.05, 3.63) is 65.7 Å². The highest BCUT2D eigenvalue weighted by atomic mass is 16.6. The second-order valence-corrected chi connectivity index (χ2v) is 10.8. The first-order valence-electron chi connectivity index (χ1n) is 13.3. The van der Waals surface area contributed by atoms with E-state index in [-0.39, 0.29) is 38.1 Å². The Hall–Kier alpha value is -4.12. The molecule has 214 valence electrons. The molecule has 2 aliphatic heterocycles. The van der Waals surface area contributed by atoms with Crippen molar-refractivity contribution in [2.45, 2.75) is 45.6 Å². The van der Waals surface area contributed by atoms with Crippen LogP contribution in [0.2, 0.25) is 0 Å². The highest BCUT2D eigenvalue weighted by Crippen LogP contribution is 2.23. The van der Waals surface area contributed by atoms with Crippen LogP contribution in [0.4, 0.5) is 15.3 Å². The van der Waals surface area contributed by atoms with E-state index >= 15 is 0 Å². The molecule has 4 rings (SSSR count). The van der Waals surface area contributed by atoms with Crippen LogP contribution >= 0.6 is 0 Å². The lowest BCUT2D eigenvalue weighted by molar-refractivity contribution is -0.147. The van der Waals surface area contributed by atoms with Gasteiger partial charge in [0, 0.05) is 38.4 Å². The van der Waals surface area contributed by atoms with Gasteiger partial charge in [-0.1, -0.05) is 42.5 Å². The summed E-state index contributed by atoms with van der Waals surface area (Å²) in [5.41, 5.74) is 1.77. The van der Waals surface area contributed by atoms with E-state index in [1.54, 1.807) is 49.9 Å². The van der Waals surface area contributed by atoms with E-state index in [0.717, 1.165) is 11.1 Å². The lowest BCUT2D eigenvalue weighted by Gasteiger charge is -2.34. The molecule has 3 amide bonds. The van der Waals surface area contributed by atoms with Gasteiger partial charge in [-0.15, -0.1) is 0 Å². The minimum atomic E-state index is -0.900. The molecule has 1 unspecified atom stereocenters. The number of hydrogen-bond donors (Lipinski definition) is 1. The number of amides is 3. The van der Waals surface area contributed by atoms with Crippen molar-refractivity contribution in [1.29, 1.82) is 0 Å². The Balaban J connectivity index is 1.20. The first-order chi connectivity index (χ1) is 19.1. The van der Waals surface area contributed by atoms with Gasteiger partial charge in [0.25, 0.3) is 5.91 Å². The Kier molecular flexibility index (Phi) is 9.26. The van der Waals surface area contributed by atoms with Gasteiger partial charge in [-0.3, -0.25) is 19.4 Å². The molecule has 40 heavy (non-hydrogen) atoms. The van der Waals surface area contributed by atoms with Crippen molar-refractivity contribution in [2.24, 2.45) is 0 Å². The van der Waals surface area contributed by atoms with E-state index in [0.29, 0.717) is 31.9 Å². The summed E-state index contributed by atoms with van der Waals surface area (Å²) in [6.45, 7) is 8.05. The molecule has 0 bridgehead atoms. The third kappa shape index (κ3) is 8.19. The van der Waals surface area contributed by atoms with Crippen LogP contribution < -0.4 is 10.2 Å². The number of alkyl carbamates (subject to hydrolysis) is 1. The maximum absolute atomic E-state index is 13.1. The fraction of sp³-hybridized carbons (Fsp3) is 0.448. The van der Waals surface area contributed by atoms with Gasteiger partial charge in [0.2, 0.25) is 0 Å². The molecule has 11 heteroatoms. The highest BCUT2D eigenvalue weighted by molar-refractivity contribution is 5.95. The predicted octanol–water partition coefficient (Wildman–Crippen LogP) is 2.92. The van der Waals surface area contributed by atoms with Crippen LogP contribution in [0.15, 0.2) is 54.6 Å². The summed E-state index contributed by atoms with van der Waals surface area (Å²) in [7, 11) is 0. The molecule has 0 aliphatic carbocycles.